The van der Waals surface area contributed by atoms with Gasteiger partial charge in [-0.3, -0.25) is 0 Å². The minimum Gasteiger partial charge on any atom is -0.198 e. The smallest absolute Gasteiger partial charge is 0.0621 e. The van der Waals surface area contributed by atoms with Gasteiger partial charge in [-0.1, -0.05) is 68.5 Å². The van der Waals surface area contributed by atoms with Gasteiger partial charge in [0.25, 0.3) is 0 Å². The molecule has 1 aliphatic rings. The summed E-state index contributed by atoms with van der Waals surface area (Å²) in [5.41, 5.74) is 10.4. The zero-order valence-electron chi connectivity index (χ0n) is 17.0. The number of allylic oxidation sites excluding steroid dienone is 3. The van der Waals surface area contributed by atoms with Crippen LogP contribution in [-0.2, 0) is 11.8 Å². The van der Waals surface area contributed by atoms with Crippen LogP contribution in [0.25, 0.3) is 11.1 Å². The first-order chi connectivity index (χ1) is 12.9. The van der Waals surface area contributed by atoms with Gasteiger partial charge >= 0.3 is 0 Å². The maximum absolute atomic E-state index is 8.72. The molecule has 1 aliphatic carbocycles. The minimum atomic E-state index is -0.0310. The van der Waals surface area contributed by atoms with Crippen molar-refractivity contribution in [3.63, 3.8) is 0 Å². The normalized spacial score (nSPS) is 15.4. The van der Waals surface area contributed by atoms with Crippen LogP contribution < -0.4 is 0 Å². The molecule has 138 valence electrons. The van der Waals surface area contributed by atoms with Crippen molar-refractivity contribution in [2.45, 2.75) is 58.8 Å². The molecule has 0 aliphatic heterocycles. The average Bonchev–Trinajstić information content (AvgIpc) is 2.65. The van der Waals surface area contributed by atoms with Gasteiger partial charge in [0.05, 0.1) is 6.07 Å². The summed E-state index contributed by atoms with van der Waals surface area (Å²) in [4.78, 5) is 0. The van der Waals surface area contributed by atoms with Gasteiger partial charge in [-0.15, -0.1) is 0 Å². The van der Waals surface area contributed by atoms with E-state index >= 15 is 0 Å². The summed E-state index contributed by atoms with van der Waals surface area (Å²) >= 11 is 0. The molecule has 27 heavy (non-hydrogen) atoms. The Morgan fingerprint density at radius 3 is 2.44 bits per heavy atom. The average molecular weight is 356 g/mol. The number of nitrogens with zero attached hydrogens (tertiary/aromatic N) is 1. The van der Waals surface area contributed by atoms with Crippen molar-refractivity contribution < 1.29 is 0 Å². The summed E-state index contributed by atoms with van der Waals surface area (Å²) in [5.74, 6) is 0. The van der Waals surface area contributed by atoms with Crippen molar-refractivity contribution in [2.75, 3.05) is 0 Å². The Hall–Kier alpha value is -2.59. The van der Waals surface area contributed by atoms with E-state index in [2.05, 4.69) is 82.8 Å². The van der Waals surface area contributed by atoms with E-state index in [1.54, 1.807) is 0 Å². The first-order valence-electron chi connectivity index (χ1n) is 9.85. The number of benzene rings is 2. The second-order valence-corrected chi connectivity index (χ2v) is 8.16. The predicted octanol–water partition coefficient (Wildman–Crippen LogP) is 7.01. The number of nitriles is 1. The van der Waals surface area contributed by atoms with Crippen molar-refractivity contribution in [3.05, 3.63) is 82.4 Å². The van der Waals surface area contributed by atoms with Crippen molar-refractivity contribution in [2.24, 2.45) is 0 Å². The molecule has 0 radical (unpaired) electrons. The van der Waals surface area contributed by atoms with E-state index in [4.69, 9.17) is 5.26 Å². The highest BCUT2D eigenvalue weighted by atomic mass is 14.4. The van der Waals surface area contributed by atoms with Gasteiger partial charge in [0.15, 0.2) is 0 Å². The molecule has 0 spiro atoms. The van der Waals surface area contributed by atoms with Gasteiger partial charge in [-0.25, -0.2) is 0 Å². The van der Waals surface area contributed by atoms with Crippen LogP contribution >= 0.6 is 0 Å². The second kappa shape index (κ2) is 7.57. The van der Waals surface area contributed by atoms with Gasteiger partial charge in [0.2, 0.25) is 0 Å². The zero-order valence-corrected chi connectivity index (χ0v) is 17.0. The van der Waals surface area contributed by atoms with Crippen LogP contribution in [0.3, 0.4) is 0 Å². The third-order valence-electron chi connectivity index (χ3n) is 6.12. The molecule has 0 bridgehead atoms. The van der Waals surface area contributed by atoms with Gasteiger partial charge < -0.3 is 0 Å². The van der Waals surface area contributed by atoms with E-state index in [0.29, 0.717) is 6.42 Å². The van der Waals surface area contributed by atoms with Crippen LogP contribution in [0.15, 0.2) is 54.6 Å². The molecule has 2 aromatic carbocycles. The first kappa shape index (κ1) is 19.2. The maximum atomic E-state index is 8.72. The van der Waals surface area contributed by atoms with Gasteiger partial charge in [-0.2, -0.15) is 5.26 Å². The lowest BCUT2D eigenvalue weighted by Gasteiger charge is -2.38. The van der Waals surface area contributed by atoms with Crippen LogP contribution in [0.1, 0.15) is 67.9 Å². The fraction of sp³-hybridized carbons (Fsp3) is 0.346. The first-order valence-corrected chi connectivity index (χ1v) is 9.85. The Labute approximate surface area is 164 Å². The Balaban J connectivity index is 2.03. The van der Waals surface area contributed by atoms with E-state index in [-0.39, 0.29) is 5.41 Å². The highest BCUT2D eigenvalue weighted by molar-refractivity contribution is 6.08. The summed E-state index contributed by atoms with van der Waals surface area (Å²) in [6, 6.07) is 17.7. The molecule has 3 rings (SSSR count). The van der Waals surface area contributed by atoms with Crippen LogP contribution in [0.4, 0.5) is 0 Å². The quantitative estimate of drug-likeness (QED) is 0.529. The van der Waals surface area contributed by atoms with E-state index in [0.717, 1.165) is 24.8 Å². The van der Waals surface area contributed by atoms with E-state index < -0.39 is 0 Å². The summed E-state index contributed by atoms with van der Waals surface area (Å²) < 4.78 is 0. The molecule has 0 amide bonds. The predicted molar refractivity (Wildman–Crippen MR) is 115 cm³/mol. The Kier molecular flexibility index (Phi) is 5.38. The number of aryl methyl sites for hydroxylation is 2. The van der Waals surface area contributed by atoms with Crippen molar-refractivity contribution in [3.8, 4) is 6.07 Å². The van der Waals surface area contributed by atoms with Crippen LogP contribution in [0.5, 0.6) is 0 Å². The standard InChI is InChI=1S/C26H29N/c1-18-11-8-9-13-22(18)25-19(2)23-15-14-21(12-7-6-10-16-27)17-24(23)26(4,5)20(25)3/h8-9,11,13-15,17H,2,6-7,10,12H2,1,3-5H3. The fourth-order valence-electron chi connectivity index (χ4n) is 4.15. The molecule has 0 saturated heterocycles. The topological polar surface area (TPSA) is 23.8 Å². The molecule has 0 fully saturated rings. The van der Waals surface area contributed by atoms with Crippen LogP contribution in [-0.4, -0.2) is 0 Å². The molecule has 0 aromatic heterocycles. The summed E-state index contributed by atoms with van der Waals surface area (Å²) in [6.07, 6.45) is 3.72. The third-order valence-corrected chi connectivity index (χ3v) is 6.12. The highest BCUT2D eigenvalue weighted by Crippen LogP contribution is 2.49. The molecule has 2 aromatic rings. The summed E-state index contributed by atoms with van der Waals surface area (Å²) in [7, 11) is 0. The summed E-state index contributed by atoms with van der Waals surface area (Å²) in [5, 5.41) is 8.72. The second-order valence-electron chi connectivity index (χ2n) is 8.16. The van der Waals surface area contributed by atoms with Crippen LogP contribution in [0, 0.1) is 18.3 Å². The Morgan fingerprint density at radius 1 is 1.00 bits per heavy atom. The lowest BCUT2D eigenvalue weighted by atomic mass is 9.66. The van der Waals surface area contributed by atoms with E-state index in [1.807, 2.05) is 0 Å². The number of hydrogen-bond acceptors (Lipinski definition) is 1. The monoisotopic (exact) mass is 355 g/mol. The zero-order chi connectivity index (χ0) is 19.6. The number of hydrogen-bond donors (Lipinski definition) is 0. The maximum Gasteiger partial charge on any atom is 0.0621 e. The van der Waals surface area contributed by atoms with Crippen LogP contribution in [0.2, 0.25) is 0 Å². The molecular formula is C26H29N. The Morgan fingerprint density at radius 2 is 1.74 bits per heavy atom. The lowest BCUT2D eigenvalue weighted by molar-refractivity contribution is 0.618. The SMILES string of the molecule is C=C1C(c2ccccc2C)=C(C)C(C)(C)c2cc(CCCCC#N)ccc21. The Bertz CT molecular complexity index is 950. The molecule has 1 nitrogen and oxygen atoms in total. The van der Waals surface area contributed by atoms with Gasteiger partial charge in [-0.05, 0) is 72.1 Å². The van der Waals surface area contributed by atoms with Gasteiger partial charge in [0.1, 0.15) is 0 Å². The van der Waals surface area contributed by atoms with Crippen molar-refractivity contribution in [1.82, 2.24) is 0 Å². The third kappa shape index (κ3) is 3.50. The summed E-state index contributed by atoms with van der Waals surface area (Å²) in [6.45, 7) is 13.6. The molecule has 1 heteroatoms. The van der Waals surface area contributed by atoms with Crippen molar-refractivity contribution in [1.29, 1.82) is 5.26 Å². The van der Waals surface area contributed by atoms with E-state index in [9.17, 15) is 0 Å². The number of fused-ring (bicyclic) bond motifs is 1. The fourth-order valence-corrected chi connectivity index (χ4v) is 4.15. The minimum absolute atomic E-state index is 0.0310. The molecule has 0 saturated carbocycles. The highest BCUT2D eigenvalue weighted by Gasteiger charge is 2.34. The molecular weight excluding hydrogens is 326 g/mol. The number of rotatable bonds is 5. The number of unbranched alkanes of at least 4 members (excludes halogenated alkanes) is 2. The molecule has 0 N–H and O–H groups in total. The van der Waals surface area contributed by atoms with E-state index in [1.165, 1.54) is 39.0 Å². The molecule has 0 atom stereocenters. The van der Waals surface area contributed by atoms with Crippen molar-refractivity contribution >= 4 is 11.1 Å². The largest absolute Gasteiger partial charge is 0.198 e. The molecule has 0 unspecified atom stereocenters. The van der Waals surface area contributed by atoms with Gasteiger partial charge in [0, 0.05) is 11.8 Å². The molecule has 0 heterocycles. The lowest BCUT2D eigenvalue weighted by Crippen LogP contribution is -2.26.